The van der Waals surface area contributed by atoms with Gasteiger partial charge >= 0.3 is 0 Å². The summed E-state index contributed by atoms with van der Waals surface area (Å²) in [4.78, 5) is 31.3. The van der Waals surface area contributed by atoms with Crippen LogP contribution in [0.3, 0.4) is 0 Å². The Morgan fingerprint density at radius 1 is 0.921 bits per heavy atom. The zero-order valence-electron chi connectivity index (χ0n) is 21.5. The van der Waals surface area contributed by atoms with Crippen LogP contribution in [0.1, 0.15) is 47.4 Å². The molecule has 0 saturated carbocycles. The summed E-state index contributed by atoms with van der Waals surface area (Å²) >= 11 is 6.37. The lowest BCUT2D eigenvalue weighted by Gasteiger charge is -2.39. The average molecular weight is 528 g/mol. The smallest absolute Gasteiger partial charge is 0.255 e. The molecule has 0 aliphatic carbocycles. The lowest BCUT2D eigenvalue weighted by Crippen LogP contribution is -2.47. The molecule has 7 heteroatoms. The van der Waals surface area contributed by atoms with Gasteiger partial charge in [0.25, 0.3) is 5.91 Å². The summed E-state index contributed by atoms with van der Waals surface area (Å²) in [5, 5.41) is 0.378. The molecular formula is C31H30ClN3O3. The number of unbranched alkanes of at least 4 members (excludes halogenated alkanes) is 1. The van der Waals surface area contributed by atoms with Gasteiger partial charge in [-0.15, -0.1) is 0 Å². The first-order chi connectivity index (χ1) is 18.5. The van der Waals surface area contributed by atoms with Crippen LogP contribution in [-0.4, -0.2) is 41.5 Å². The fourth-order valence-corrected chi connectivity index (χ4v) is 5.23. The van der Waals surface area contributed by atoms with E-state index in [9.17, 15) is 9.59 Å². The van der Waals surface area contributed by atoms with Crippen LogP contribution in [0.4, 0.5) is 5.69 Å². The zero-order chi connectivity index (χ0) is 26.6. The Morgan fingerprint density at radius 2 is 1.63 bits per heavy atom. The quantitative estimate of drug-likeness (QED) is 0.262. The number of hydrogen-bond acceptors (Lipinski definition) is 3. The van der Waals surface area contributed by atoms with E-state index >= 15 is 0 Å². The summed E-state index contributed by atoms with van der Waals surface area (Å²) in [7, 11) is 1.63. The SMILES string of the molecule is CCCCN(CC(=O)N1c2ccccc2-n2cccc2C1c1ccc(OC)cc1)C(=O)c1ccccc1Cl. The molecular weight excluding hydrogens is 498 g/mol. The van der Waals surface area contributed by atoms with Gasteiger partial charge in [0, 0.05) is 12.7 Å². The van der Waals surface area contributed by atoms with Crippen molar-refractivity contribution in [3.05, 3.63) is 113 Å². The molecule has 1 aliphatic rings. The molecule has 1 unspecified atom stereocenters. The number of carbonyl (C=O) groups is 2. The van der Waals surface area contributed by atoms with Crippen molar-refractivity contribution in [1.82, 2.24) is 9.47 Å². The van der Waals surface area contributed by atoms with Crippen LogP contribution in [0, 0.1) is 0 Å². The first kappa shape index (κ1) is 25.6. The lowest BCUT2D eigenvalue weighted by molar-refractivity contribution is -0.119. The normalized spacial score (nSPS) is 14.0. The van der Waals surface area contributed by atoms with Crippen molar-refractivity contribution < 1.29 is 14.3 Å². The predicted molar refractivity (Wildman–Crippen MR) is 150 cm³/mol. The molecule has 0 radical (unpaired) electrons. The Kier molecular flexibility index (Phi) is 7.52. The number of hydrogen-bond donors (Lipinski definition) is 0. The number of amides is 2. The molecule has 0 fully saturated rings. The van der Waals surface area contributed by atoms with E-state index in [1.807, 2.05) is 71.8 Å². The van der Waals surface area contributed by atoms with Crippen LogP contribution in [0.5, 0.6) is 5.75 Å². The summed E-state index contributed by atoms with van der Waals surface area (Å²) in [5.41, 5.74) is 4.04. The molecule has 0 spiro atoms. The number of methoxy groups -OCH3 is 1. The Labute approximate surface area is 228 Å². The summed E-state index contributed by atoms with van der Waals surface area (Å²) in [6.07, 6.45) is 3.70. The minimum Gasteiger partial charge on any atom is -0.497 e. The monoisotopic (exact) mass is 527 g/mol. The second-order valence-corrected chi connectivity index (χ2v) is 9.70. The highest BCUT2D eigenvalue weighted by Gasteiger charge is 2.37. The summed E-state index contributed by atoms with van der Waals surface area (Å²) in [6, 6.07) is 26.3. The molecule has 2 amide bonds. The van der Waals surface area contributed by atoms with Gasteiger partial charge in [0.15, 0.2) is 0 Å². The maximum atomic E-state index is 14.3. The number of rotatable bonds is 8. The molecule has 0 bridgehead atoms. The van der Waals surface area contributed by atoms with Crippen LogP contribution in [0.25, 0.3) is 5.69 Å². The van der Waals surface area contributed by atoms with E-state index in [4.69, 9.17) is 16.3 Å². The van der Waals surface area contributed by atoms with Gasteiger partial charge in [-0.1, -0.05) is 61.3 Å². The number of halogens is 1. The Hall–Kier alpha value is -4.03. The average Bonchev–Trinajstić information content (AvgIpc) is 3.44. The second-order valence-electron chi connectivity index (χ2n) is 9.29. The highest BCUT2D eigenvalue weighted by Crippen LogP contribution is 2.42. The largest absolute Gasteiger partial charge is 0.497 e. The maximum absolute atomic E-state index is 14.3. The number of fused-ring (bicyclic) bond motifs is 3. The number of carbonyl (C=O) groups excluding carboxylic acids is 2. The fourth-order valence-electron chi connectivity index (χ4n) is 5.01. The van der Waals surface area contributed by atoms with Crippen LogP contribution in [-0.2, 0) is 4.79 Å². The highest BCUT2D eigenvalue weighted by atomic mass is 35.5. The first-order valence-corrected chi connectivity index (χ1v) is 13.2. The van der Waals surface area contributed by atoms with Gasteiger partial charge in [-0.3, -0.25) is 14.5 Å². The third kappa shape index (κ3) is 4.79. The maximum Gasteiger partial charge on any atom is 0.255 e. The molecule has 3 aromatic carbocycles. The lowest BCUT2D eigenvalue weighted by atomic mass is 9.97. The van der Waals surface area contributed by atoms with Gasteiger partial charge in [0.1, 0.15) is 18.3 Å². The number of benzene rings is 3. The minimum atomic E-state index is -0.373. The van der Waals surface area contributed by atoms with E-state index < -0.39 is 0 Å². The Bertz CT molecular complexity index is 1450. The van der Waals surface area contributed by atoms with Crippen molar-refractivity contribution in [3.8, 4) is 11.4 Å². The standard InChI is InChI=1S/C31H30ClN3O3/c1-3-4-19-33(31(37)24-10-5-6-11-25(24)32)21-29(36)35-27-13-8-7-12-26(27)34-20-9-14-28(34)30(35)22-15-17-23(38-2)18-16-22/h5-18,20,30H,3-4,19,21H2,1-2H3. The van der Waals surface area contributed by atoms with Gasteiger partial charge in [-0.2, -0.15) is 0 Å². The third-order valence-corrected chi connectivity index (χ3v) is 7.25. The molecule has 1 aliphatic heterocycles. The number of nitrogens with zero attached hydrogens (tertiary/aromatic N) is 3. The van der Waals surface area contributed by atoms with E-state index in [0.29, 0.717) is 17.1 Å². The van der Waals surface area contributed by atoms with E-state index in [-0.39, 0.29) is 24.4 Å². The molecule has 5 rings (SSSR count). The van der Waals surface area contributed by atoms with Crippen molar-refractivity contribution in [2.75, 3.05) is 25.1 Å². The summed E-state index contributed by atoms with van der Waals surface area (Å²) in [5.74, 6) is 0.337. The van der Waals surface area contributed by atoms with Gasteiger partial charge < -0.3 is 14.2 Å². The van der Waals surface area contributed by atoms with E-state index in [1.165, 1.54) is 0 Å². The summed E-state index contributed by atoms with van der Waals surface area (Å²) < 4.78 is 7.49. The third-order valence-electron chi connectivity index (χ3n) is 6.92. The molecule has 0 saturated heterocycles. The molecule has 38 heavy (non-hydrogen) atoms. The van der Waals surface area contributed by atoms with Gasteiger partial charge in [-0.05, 0) is 60.5 Å². The number of ether oxygens (including phenoxy) is 1. The number of anilines is 1. The first-order valence-electron chi connectivity index (χ1n) is 12.8. The Morgan fingerprint density at radius 3 is 2.34 bits per heavy atom. The van der Waals surface area contributed by atoms with Crippen LogP contribution in [0.2, 0.25) is 5.02 Å². The van der Waals surface area contributed by atoms with Crippen LogP contribution in [0.15, 0.2) is 91.1 Å². The van der Waals surface area contributed by atoms with E-state index in [1.54, 1.807) is 36.3 Å². The molecule has 4 aromatic rings. The molecule has 2 heterocycles. The second kappa shape index (κ2) is 11.2. The van der Waals surface area contributed by atoms with Crippen molar-refractivity contribution in [3.63, 3.8) is 0 Å². The van der Waals surface area contributed by atoms with E-state index in [0.717, 1.165) is 41.2 Å². The van der Waals surface area contributed by atoms with Gasteiger partial charge in [-0.25, -0.2) is 0 Å². The number of aromatic nitrogens is 1. The number of para-hydroxylation sites is 2. The topological polar surface area (TPSA) is 54.8 Å². The summed E-state index contributed by atoms with van der Waals surface area (Å²) in [6.45, 7) is 2.46. The Balaban J connectivity index is 1.56. The fraction of sp³-hybridized carbons (Fsp3) is 0.226. The van der Waals surface area contributed by atoms with Gasteiger partial charge in [0.2, 0.25) is 5.91 Å². The van der Waals surface area contributed by atoms with Crippen molar-refractivity contribution in [2.24, 2.45) is 0 Å². The molecule has 1 atom stereocenters. The van der Waals surface area contributed by atoms with Crippen molar-refractivity contribution in [2.45, 2.75) is 25.8 Å². The highest BCUT2D eigenvalue weighted by molar-refractivity contribution is 6.33. The van der Waals surface area contributed by atoms with Crippen LogP contribution < -0.4 is 9.64 Å². The van der Waals surface area contributed by atoms with Gasteiger partial charge in [0.05, 0.1) is 34.8 Å². The molecule has 1 aromatic heterocycles. The zero-order valence-corrected chi connectivity index (χ0v) is 22.3. The van der Waals surface area contributed by atoms with Crippen molar-refractivity contribution >= 4 is 29.1 Å². The molecule has 194 valence electrons. The van der Waals surface area contributed by atoms with Crippen molar-refractivity contribution in [1.29, 1.82) is 0 Å². The van der Waals surface area contributed by atoms with E-state index in [2.05, 4.69) is 11.5 Å². The molecule has 6 nitrogen and oxygen atoms in total. The minimum absolute atomic E-state index is 0.0637. The molecule has 0 N–H and O–H groups in total. The predicted octanol–water partition coefficient (Wildman–Crippen LogP) is 6.52. The van der Waals surface area contributed by atoms with Crippen LogP contribution >= 0.6 is 11.6 Å².